The molecule has 1 heterocycles. The Morgan fingerprint density at radius 3 is 2.74 bits per heavy atom. The zero-order chi connectivity index (χ0) is 16.6. The largest absolute Gasteiger partial charge is 0.494 e. The van der Waals surface area contributed by atoms with Gasteiger partial charge in [0.15, 0.2) is 5.75 Å². The highest BCUT2D eigenvalue weighted by Crippen LogP contribution is 2.36. The van der Waals surface area contributed by atoms with Crippen molar-refractivity contribution in [1.29, 1.82) is 0 Å². The normalized spacial score (nSPS) is 11.6. The third-order valence-corrected chi connectivity index (χ3v) is 5.47. The fourth-order valence-corrected chi connectivity index (χ4v) is 4.70. The second kappa shape index (κ2) is 6.07. The number of benzene rings is 2. The zero-order valence-corrected chi connectivity index (χ0v) is 15.1. The number of rotatable bonds is 4. The van der Waals surface area contributed by atoms with Crippen molar-refractivity contribution in [2.45, 2.75) is 4.90 Å². The summed E-state index contributed by atoms with van der Waals surface area (Å²) in [6, 6.07) is 10.0. The highest BCUT2D eigenvalue weighted by atomic mass is 79.9. The Hall–Kier alpha value is -1.70. The summed E-state index contributed by atoms with van der Waals surface area (Å²) in [5.74, 6) is 0.199. The van der Waals surface area contributed by atoms with Gasteiger partial charge in [-0.05, 0) is 52.3 Å². The van der Waals surface area contributed by atoms with Crippen LogP contribution >= 0.6 is 27.5 Å². The lowest BCUT2D eigenvalue weighted by molar-refractivity contribution is 0.400. The molecule has 0 aliphatic carbocycles. The first kappa shape index (κ1) is 16.2. The van der Waals surface area contributed by atoms with E-state index in [9.17, 15) is 8.42 Å². The maximum atomic E-state index is 12.7. The summed E-state index contributed by atoms with van der Waals surface area (Å²) < 4.78 is 33.6. The minimum Gasteiger partial charge on any atom is -0.494 e. The molecule has 0 fully saturated rings. The van der Waals surface area contributed by atoms with Crippen LogP contribution in [-0.2, 0) is 10.0 Å². The van der Waals surface area contributed by atoms with Crippen LogP contribution in [0.2, 0.25) is 5.02 Å². The Morgan fingerprint density at radius 2 is 2.00 bits per heavy atom. The molecule has 0 radical (unpaired) electrons. The van der Waals surface area contributed by atoms with E-state index in [1.165, 1.54) is 13.2 Å². The third-order valence-electron chi connectivity index (χ3n) is 3.27. The quantitative estimate of drug-likeness (QED) is 0.664. The fourth-order valence-electron chi connectivity index (χ4n) is 2.26. The van der Waals surface area contributed by atoms with Gasteiger partial charge in [0, 0.05) is 27.8 Å². The SMILES string of the molecule is COc1c(Br)cc(Cl)cc1S(=O)(=O)Nc1ccc2[nH]ccc2c1. The molecule has 5 nitrogen and oxygen atoms in total. The van der Waals surface area contributed by atoms with Gasteiger partial charge in [-0.2, -0.15) is 0 Å². The predicted octanol–water partition coefficient (Wildman–Crippen LogP) is 4.39. The minimum absolute atomic E-state index is 0.0338. The van der Waals surface area contributed by atoms with Crippen LogP contribution in [0.3, 0.4) is 0 Å². The molecule has 0 amide bonds. The summed E-state index contributed by atoms with van der Waals surface area (Å²) in [6.07, 6.45) is 1.79. The van der Waals surface area contributed by atoms with Gasteiger partial charge in [-0.1, -0.05) is 11.6 Å². The zero-order valence-electron chi connectivity index (χ0n) is 11.9. The smallest absolute Gasteiger partial charge is 0.265 e. The van der Waals surface area contributed by atoms with Gasteiger partial charge in [-0.25, -0.2) is 8.42 Å². The number of nitrogens with one attached hydrogen (secondary N) is 2. The van der Waals surface area contributed by atoms with Crippen LogP contribution in [0.1, 0.15) is 0 Å². The van der Waals surface area contributed by atoms with Crippen LogP contribution in [0.4, 0.5) is 5.69 Å². The topological polar surface area (TPSA) is 71.2 Å². The van der Waals surface area contributed by atoms with Crippen molar-refractivity contribution in [1.82, 2.24) is 4.98 Å². The van der Waals surface area contributed by atoms with E-state index in [2.05, 4.69) is 25.6 Å². The van der Waals surface area contributed by atoms with Crippen LogP contribution in [0.5, 0.6) is 5.75 Å². The maximum absolute atomic E-state index is 12.7. The summed E-state index contributed by atoms with van der Waals surface area (Å²) in [4.78, 5) is 3.02. The molecule has 0 aliphatic rings. The molecule has 0 atom stereocenters. The average molecular weight is 416 g/mol. The van der Waals surface area contributed by atoms with Gasteiger partial charge in [0.25, 0.3) is 10.0 Å². The molecule has 2 aromatic carbocycles. The maximum Gasteiger partial charge on any atom is 0.265 e. The van der Waals surface area contributed by atoms with Gasteiger partial charge in [-0.15, -0.1) is 0 Å². The van der Waals surface area contributed by atoms with E-state index in [0.29, 0.717) is 15.2 Å². The summed E-state index contributed by atoms with van der Waals surface area (Å²) in [5.41, 5.74) is 1.38. The van der Waals surface area contributed by atoms with E-state index in [4.69, 9.17) is 16.3 Å². The van der Waals surface area contributed by atoms with E-state index in [1.54, 1.807) is 30.5 Å². The van der Waals surface area contributed by atoms with Crippen molar-refractivity contribution in [2.24, 2.45) is 0 Å². The van der Waals surface area contributed by atoms with Gasteiger partial charge in [0.2, 0.25) is 0 Å². The first-order valence-electron chi connectivity index (χ1n) is 6.54. The van der Waals surface area contributed by atoms with Crippen molar-refractivity contribution in [3.8, 4) is 5.75 Å². The molecule has 3 rings (SSSR count). The molecule has 0 saturated carbocycles. The number of aromatic nitrogens is 1. The predicted molar refractivity (Wildman–Crippen MR) is 94.8 cm³/mol. The molecule has 0 bridgehead atoms. The monoisotopic (exact) mass is 414 g/mol. The van der Waals surface area contributed by atoms with Gasteiger partial charge in [0.05, 0.1) is 11.6 Å². The van der Waals surface area contributed by atoms with E-state index in [0.717, 1.165) is 10.9 Å². The average Bonchev–Trinajstić information content (AvgIpc) is 2.93. The molecule has 0 unspecified atom stereocenters. The number of aromatic amines is 1. The van der Waals surface area contributed by atoms with Crippen LogP contribution in [0, 0.1) is 0 Å². The summed E-state index contributed by atoms with van der Waals surface area (Å²) in [6.45, 7) is 0. The highest BCUT2D eigenvalue weighted by molar-refractivity contribution is 9.10. The molecular formula is C15H12BrClN2O3S. The van der Waals surface area contributed by atoms with Gasteiger partial charge >= 0.3 is 0 Å². The van der Waals surface area contributed by atoms with Crippen LogP contribution in [0.15, 0.2) is 52.0 Å². The molecular weight excluding hydrogens is 404 g/mol. The number of halogens is 2. The van der Waals surface area contributed by atoms with E-state index < -0.39 is 10.0 Å². The fraction of sp³-hybridized carbons (Fsp3) is 0.0667. The number of hydrogen-bond acceptors (Lipinski definition) is 3. The van der Waals surface area contributed by atoms with E-state index in [-0.39, 0.29) is 10.6 Å². The Morgan fingerprint density at radius 1 is 1.22 bits per heavy atom. The van der Waals surface area contributed by atoms with Crippen LogP contribution in [0.25, 0.3) is 10.9 Å². The van der Waals surface area contributed by atoms with E-state index in [1.807, 2.05) is 6.07 Å². The second-order valence-corrected chi connectivity index (χ2v) is 7.75. The lowest BCUT2D eigenvalue weighted by Crippen LogP contribution is -2.14. The van der Waals surface area contributed by atoms with Crippen molar-refractivity contribution < 1.29 is 13.2 Å². The molecule has 0 saturated heterocycles. The lowest BCUT2D eigenvalue weighted by Gasteiger charge is -2.13. The lowest BCUT2D eigenvalue weighted by atomic mass is 10.2. The number of methoxy groups -OCH3 is 1. The second-order valence-electron chi connectivity index (χ2n) is 4.80. The Balaban J connectivity index is 2.04. The van der Waals surface area contributed by atoms with Crippen molar-refractivity contribution in [2.75, 3.05) is 11.8 Å². The third kappa shape index (κ3) is 3.17. The van der Waals surface area contributed by atoms with Crippen molar-refractivity contribution in [3.63, 3.8) is 0 Å². The molecule has 1 aromatic heterocycles. The Labute approximate surface area is 146 Å². The molecule has 120 valence electrons. The molecule has 0 aliphatic heterocycles. The van der Waals surface area contributed by atoms with Crippen LogP contribution in [-0.4, -0.2) is 20.5 Å². The Kier molecular flexibility index (Phi) is 4.27. The first-order chi connectivity index (χ1) is 10.9. The summed E-state index contributed by atoms with van der Waals surface area (Å²) in [7, 11) is -2.45. The van der Waals surface area contributed by atoms with Crippen molar-refractivity contribution in [3.05, 3.63) is 52.1 Å². The molecule has 0 spiro atoms. The number of ether oxygens (including phenoxy) is 1. The summed E-state index contributed by atoms with van der Waals surface area (Å²) >= 11 is 9.23. The number of fused-ring (bicyclic) bond motifs is 1. The molecule has 2 N–H and O–H groups in total. The minimum atomic E-state index is -3.85. The molecule has 3 aromatic rings. The number of hydrogen-bond donors (Lipinski definition) is 2. The van der Waals surface area contributed by atoms with Crippen LogP contribution < -0.4 is 9.46 Å². The number of H-pyrrole nitrogens is 1. The van der Waals surface area contributed by atoms with Crippen molar-refractivity contribution >= 4 is 54.1 Å². The van der Waals surface area contributed by atoms with E-state index >= 15 is 0 Å². The summed E-state index contributed by atoms with van der Waals surface area (Å²) in [5, 5.41) is 1.20. The number of anilines is 1. The van der Waals surface area contributed by atoms with Gasteiger partial charge in [0.1, 0.15) is 4.90 Å². The first-order valence-corrected chi connectivity index (χ1v) is 9.19. The highest BCUT2D eigenvalue weighted by Gasteiger charge is 2.22. The molecule has 23 heavy (non-hydrogen) atoms. The number of sulfonamides is 1. The Bertz CT molecular complexity index is 986. The molecule has 8 heteroatoms. The van der Waals surface area contributed by atoms with Gasteiger partial charge in [-0.3, -0.25) is 4.72 Å². The standard InChI is InChI=1S/C15H12BrClN2O3S/c1-22-15-12(16)7-10(17)8-14(15)23(20,21)19-11-2-3-13-9(6-11)4-5-18-13/h2-8,18-19H,1H3. The van der Waals surface area contributed by atoms with Gasteiger partial charge < -0.3 is 9.72 Å².